The van der Waals surface area contributed by atoms with Crippen molar-refractivity contribution in [3.8, 4) is 17.5 Å². The van der Waals surface area contributed by atoms with Crippen LogP contribution in [0.3, 0.4) is 0 Å². The summed E-state index contributed by atoms with van der Waals surface area (Å²) in [5, 5.41) is 23.5. The third-order valence-electron chi connectivity index (χ3n) is 4.75. The average molecular weight is 404 g/mol. The van der Waals surface area contributed by atoms with Crippen molar-refractivity contribution in [2.24, 2.45) is 0 Å². The van der Waals surface area contributed by atoms with Crippen LogP contribution < -0.4 is 4.74 Å². The fourth-order valence-corrected chi connectivity index (χ4v) is 3.27. The predicted molar refractivity (Wildman–Crippen MR) is 108 cm³/mol. The molecule has 0 amide bonds. The molecule has 0 atom stereocenters. The fourth-order valence-electron chi connectivity index (χ4n) is 3.27. The van der Waals surface area contributed by atoms with E-state index in [1.165, 1.54) is 0 Å². The van der Waals surface area contributed by atoms with E-state index in [-0.39, 0.29) is 12.6 Å². The van der Waals surface area contributed by atoms with Crippen LogP contribution in [-0.4, -0.2) is 39.7 Å². The lowest BCUT2D eigenvalue weighted by Crippen LogP contribution is -2.04. The zero-order chi connectivity index (χ0) is 20.5. The van der Waals surface area contributed by atoms with Crippen LogP contribution in [0.2, 0.25) is 0 Å². The van der Waals surface area contributed by atoms with Gasteiger partial charge in [0.1, 0.15) is 30.1 Å². The van der Waals surface area contributed by atoms with Crippen molar-refractivity contribution in [2.75, 3.05) is 0 Å². The molecule has 10 nitrogen and oxygen atoms in total. The number of nitrogens with zero attached hydrogens (tertiary/aromatic N) is 8. The molecule has 10 heteroatoms. The van der Waals surface area contributed by atoms with Gasteiger partial charge in [-0.25, -0.2) is 4.98 Å². The minimum absolute atomic E-state index is 0.200. The summed E-state index contributed by atoms with van der Waals surface area (Å²) >= 11 is 0. The van der Waals surface area contributed by atoms with Crippen LogP contribution in [0, 0.1) is 6.92 Å². The number of ether oxygens (including phenoxy) is 1. The number of aromatic nitrogens is 8. The van der Waals surface area contributed by atoms with Crippen LogP contribution in [0.25, 0.3) is 27.9 Å². The van der Waals surface area contributed by atoms with Gasteiger partial charge in [-0.1, -0.05) is 47.9 Å². The second-order valence-electron chi connectivity index (χ2n) is 7.01. The van der Waals surface area contributed by atoms with Crippen LogP contribution in [-0.2, 0) is 13.2 Å². The number of fused-ring (bicyclic) bond motifs is 3. The molecule has 0 aliphatic heterocycles. The summed E-state index contributed by atoms with van der Waals surface area (Å²) < 4.78 is 14.3. The molecule has 5 rings (SSSR count). The summed E-state index contributed by atoms with van der Waals surface area (Å²) in [6, 6.07) is 9.94. The third-order valence-corrected chi connectivity index (χ3v) is 4.75. The summed E-state index contributed by atoms with van der Waals surface area (Å²) in [7, 11) is 0. The molecule has 0 fully saturated rings. The molecule has 30 heavy (non-hydrogen) atoms. The highest BCUT2D eigenvalue weighted by Gasteiger charge is 2.18. The number of unbranched alkanes of at least 4 members (excludes halogenated alkanes) is 1. The first-order valence-corrected chi connectivity index (χ1v) is 9.82. The van der Waals surface area contributed by atoms with Gasteiger partial charge in [0.2, 0.25) is 5.82 Å². The van der Waals surface area contributed by atoms with E-state index >= 15 is 0 Å². The lowest BCUT2D eigenvalue weighted by atomic mass is 10.1. The molecule has 4 heterocycles. The molecule has 0 bridgehead atoms. The van der Waals surface area contributed by atoms with Gasteiger partial charge in [0.05, 0.1) is 0 Å². The van der Waals surface area contributed by atoms with Crippen molar-refractivity contribution in [1.82, 2.24) is 39.7 Å². The Morgan fingerprint density at radius 1 is 1.10 bits per heavy atom. The van der Waals surface area contributed by atoms with Crippen molar-refractivity contribution in [3.63, 3.8) is 0 Å². The monoisotopic (exact) mass is 404 g/mol. The zero-order valence-corrected chi connectivity index (χ0v) is 16.7. The summed E-state index contributed by atoms with van der Waals surface area (Å²) in [5.74, 6) is 1.27. The van der Waals surface area contributed by atoms with Crippen molar-refractivity contribution in [1.29, 1.82) is 0 Å². The molecule has 4 aromatic heterocycles. The van der Waals surface area contributed by atoms with E-state index in [0.29, 0.717) is 22.9 Å². The molecule has 152 valence electrons. The molecule has 0 aliphatic carbocycles. The lowest BCUT2D eigenvalue weighted by molar-refractivity contribution is 0.260. The van der Waals surface area contributed by atoms with Gasteiger partial charge in [-0.3, -0.25) is 4.68 Å². The Morgan fingerprint density at radius 3 is 2.77 bits per heavy atom. The van der Waals surface area contributed by atoms with Gasteiger partial charge in [0.15, 0.2) is 5.65 Å². The number of hydrogen-bond acceptors (Lipinski definition) is 8. The topological polar surface area (TPSA) is 109 Å². The summed E-state index contributed by atoms with van der Waals surface area (Å²) in [5.41, 5.74) is 1.92. The van der Waals surface area contributed by atoms with Crippen LogP contribution in [0.15, 0.2) is 41.2 Å². The number of hydrogen-bond donors (Lipinski definition) is 0. The number of benzene rings is 1. The van der Waals surface area contributed by atoms with Gasteiger partial charge >= 0.3 is 6.01 Å². The minimum Gasteiger partial charge on any atom is -0.456 e. The van der Waals surface area contributed by atoms with Crippen LogP contribution in [0.5, 0.6) is 6.01 Å². The molecule has 0 aliphatic rings. The van der Waals surface area contributed by atoms with E-state index in [2.05, 4.69) is 32.4 Å². The summed E-state index contributed by atoms with van der Waals surface area (Å²) in [6.07, 6.45) is 3.87. The molecule has 1 aromatic carbocycles. The average Bonchev–Trinajstić information content (AvgIpc) is 3.50. The molecule has 5 aromatic rings. The first kappa shape index (κ1) is 18.2. The Labute approximate surface area is 171 Å². The third kappa shape index (κ3) is 3.25. The molecular formula is C20H20N8O2. The van der Waals surface area contributed by atoms with E-state index in [9.17, 15) is 0 Å². The Bertz CT molecular complexity index is 1320. The van der Waals surface area contributed by atoms with Gasteiger partial charge < -0.3 is 9.26 Å². The normalized spacial score (nSPS) is 11.5. The Kier molecular flexibility index (Phi) is 4.58. The molecule has 0 radical (unpaired) electrons. The van der Waals surface area contributed by atoms with E-state index in [1.54, 1.807) is 10.8 Å². The smallest absolute Gasteiger partial charge is 0.339 e. The van der Waals surface area contributed by atoms with Crippen LogP contribution >= 0.6 is 0 Å². The predicted octanol–water partition coefficient (Wildman–Crippen LogP) is 3.21. The van der Waals surface area contributed by atoms with E-state index in [1.807, 2.05) is 41.9 Å². The Balaban J connectivity index is 1.58. The largest absolute Gasteiger partial charge is 0.456 e. The minimum atomic E-state index is 0.200. The highest BCUT2D eigenvalue weighted by atomic mass is 16.5. The van der Waals surface area contributed by atoms with Gasteiger partial charge in [0, 0.05) is 23.4 Å². The zero-order valence-electron chi connectivity index (χ0n) is 16.7. The lowest BCUT2D eigenvalue weighted by Gasteiger charge is -2.06. The molecule has 0 saturated carbocycles. The van der Waals surface area contributed by atoms with Crippen molar-refractivity contribution in [2.45, 2.75) is 39.8 Å². The van der Waals surface area contributed by atoms with Crippen LogP contribution in [0.1, 0.15) is 31.2 Å². The summed E-state index contributed by atoms with van der Waals surface area (Å²) in [6.45, 7) is 5.00. The first-order valence-electron chi connectivity index (χ1n) is 9.82. The fraction of sp³-hybridized carbons (Fsp3) is 0.300. The van der Waals surface area contributed by atoms with Gasteiger partial charge in [0.25, 0.3) is 0 Å². The second kappa shape index (κ2) is 7.54. The standard InChI is InChI=1S/C20H20N8O2/c1-3-4-9-27-12-21-18(25-27)17-15-7-5-6-8-16(15)19-22-23-20(28(19)24-17)29-11-14-10-13(2)30-26-14/h5-8,10,12H,3-4,9,11H2,1-2H3. The molecular weight excluding hydrogens is 384 g/mol. The maximum absolute atomic E-state index is 5.82. The van der Waals surface area contributed by atoms with Crippen LogP contribution in [0.4, 0.5) is 0 Å². The van der Waals surface area contributed by atoms with E-state index in [4.69, 9.17) is 14.4 Å². The number of rotatable bonds is 7. The van der Waals surface area contributed by atoms with Crippen molar-refractivity contribution < 1.29 is 9.26 Å². The van der Waals surface area contributed by atoms with Crippen molar-refractivity contribution >= 4 is 16.4 Å². The van der Waals surface area contributed by atoms with Gasteiger partial charge in [-0.05, 0) is 13.3 Å². The highest BCUT2D eigenvalue weighted by Crippen LogP contribution is 2.28. The SMILES string of the molecule is CCCCn1cnc(-c2nn3c(OCc4cc(C)on4)nnc3c3ccccc23)n1. The first-order chi connectivity index (χ1) is 14.7. The molecule has 0 saturated heterocycles. The highest BCUT2D eigenvalue weighted by molar-refractivity contribution is 6.00. The van der Waals surface area contributed by atoms with Crippen molar-refractivity contribution in [3.05, 3.63) is 48.1 Å². The molecule has 0 unspecified atom stereocenters. The Morgan fingerprint density at radius 2 is 1.97 bits per heavy atom. The van der Waals surface area contributed by atoms with E-state index < -0.39 is 0 Å². The quantitative estimate of drug-likeness (QED) is 0.407. The second-order valence-corrected chi connectivity index (χ2v) is 7.01. The number of aryl methyl sites for hydroxylation is 2. The summed E-state index contributed by atoms with van der Waals surface area (Å²) in [4.78, 5) is 4.48. The maximum atomic E-state index is 5.82. The Hall–Kier alpha value is -3.82. The maximum Gasteiger partial charge on any atom is 0.339 e. The van der Waals surface area contributed by atoms with Gasteiger partial charge in [-0.15, -0.1) is 10.2 Å². The van der Waals surface area contributed by atoms with Gasteiger partial charge in [-0.2, -0.15) is 9.61 Å². The molecule has 0 spiro atoms. The molecule has 0 N–H and O–H groups in total. The van der Waals surface area contributed by atoms with E-state index in [0.717, 1.165) is 35.9 Å².